The molecule has 0 heterocycles. The Labute approximate surface area is 247 Å². The Morgan fingerprint density at radius 1 is 1.05 bits per heavy atom. The first-order valence-corrected chi connectivity index (χ1v) is 19.3. The van der Waals surface area contributed by atoms with Gasteiger partial charge in [-0.15, -0.1) is 0 Å². The highest BCUT2D eigenvalue weighted by Gasteiger charge is 2.65. The predicted molar refractivity (Wildman–Crippen MR) is 170 cm³/mol. The van der Waals surface area contributed by atoms with Gasteiger partial charge in [-0.1, -0.05) is 85.1 Å². The highest BCUT2D eigenvalue weighted by Crippen LogP contribution is 2.72. The lowest BCUT2D eigenvalue weighted by Gasteiger charge is -2.61. The number of alkyl halides is 1. The van der Waals surface area contributed by atoms with Crippen LogP contribution in [0.4, 0.5) is 4.39 Å². The van der Waals surface area contributed by atoms with E-state index in [0.29, 0.717) is 18.3 Å². The highest BCUT2D eigenvalue weighted by molar-refractivity contribution is 6.74. The number of Topliss-reactive ketones (excluding diaryl/α,β-unsaturated/α-hetero) is 1. The molecule has 2 nitrogen and oxygen atoms in total. The summed E-state index contributed by atoms with van der Waals surface area (Å²) in [5, 5.41) is 0.187. The van der Waals surface area contributed by atoms with Gasteiger partial charge in [0.25, 0.3) is 0 Å². The van der Waals surface area contributed by atoms with Crippen molar-refractivity contribution in [1.82, 2.24) is 0 Å². The number of carbonyl (C=O) groups is 1. The van der Waals surface area contributed by atoms with Crippen molar-refractivity contribution in [1.29, 1.82) is 0 Å². The lowest BCUT2D eigenvalue weighted by molar-refractivity contribution is -0.148. The second-order valence-corrected chi connectivity index (χ2v) is 22.2. The summed E-state index contributed by atoms with van der Waals surface area (Å²) in [4.78, 5) is 12.9. The van der Waals surface area contributed by atoms with Crippen LogP contribution in [0.15, 0.2) is 22.8 Å². The first-order chi connectivity index (χ1) is 18.1. The van der Waals surface area contributed by atoms with Crippen LogP contribution in [-0.2, 0) is 9.22 Å². The van der Waals surface area contributed by atoms with Crippen molar-refractivity contribution in [2.24, 2.45) is 39.4 Å². The SMILES string of the molecule is CC(C)=CCC(O[Si](C)(C)C(C)(C)C)[C@@H](C)[C@H]1CC[C@@]2(C)C3=C(CC[C@]12C)[C@@]1(C)C[C@@H](F)C(=O)C(C)(C)C1CC3. The van der Waals surface area contributed by atoms with E-state index in [1.807, 2.05) is 13.8 Å². The molecule has 0 spiro atoms. The van der Waals surface area contributed by atoms with Gasteiger partial charge in [-0.05, 0) is 117 Å². The molecule has 2 saturated carbocycles. The number of halogens is 1. The van der Waals surface area contributed by atoms with Gasteiger partial charge in [0.15, 0.2) is 20.3 Å². The summed E-state index contributed by atoms with van der Waals surface area (Å²) < 4.78 is 22.5. The fourth-order valence-corrected chi connectivity index (χ4v) is 11.4. The maximum Gasteiger partial charge on any atom is 0.192 e. The van der Waals surface area contributed by atoms with Crippen LogP contribution in [-0.4, -0.2) is 26.4 Å². The monoisotopic (exact) mass is 572 g/mol. The van der Waals surface area contributed by atoms with E-state index in [9.17, 15) is 4.79 Å². The zero-order valence-electron chi connectivity index (χ0n) is 28.3. The van der Waals surface area contributed by atoms with Gasteiger partial charge in [0.2, 0.25) is 0 Å². The Morgan fingerprint density at radius 3 is 2.25 bits per heavy atom. The molecule has 2 fully saturated rings. The van der Waals surface area contributed by atoms with E-state index in [1.165, 1.54) is 24.8 Å². The average Bonchev–Trinajstić information content (AvgIpc) is 3.10. The molecule has 0 radical (unpaired) electrons. The maximum absolute atomic E-state index is 15.3. The van der Waals surface area contributed by atoms with E-state index >= 15 is 4.39 Å². The van der Waals surface area contributed by atoms with Crippen LogP contribution >= 0.6 is 0 Å². The summed E-state index contributed by atoms with van der Waals surface area (Å²) in [6, 6.07) is 0. The summed E-state index contributed by atoms with van der Waals surface area (Å²) in [6.45, 7) is 30.3. The van der Waals surface area contributed by atoms with Gasteiger partial charge in [-0.3, -0.25) is 4.79 Å². The molecule has 4 aliphatic rings. The molecule has 8 atom stereocenters. The van der Waals surface area contributed by atoms with Crippen molar-refractivity contribution in [2.75, 3.05) is 0 Å². The largest absolute Gasteiger partial charge is 0.413 e. The fraction of sp³-hybridized carbons (Fsp3) is 0.861. The highest BCUT2D eigenvalue weighted by atomic mass is 28.4. The Morgan fingerprint density at radius 2 is 1.68 bits per heavy atom. The van der Waals surface area contributed by atoms with E-state index in [1.54, 1.807) is 11.1 Å². The van der Waals surface area contributed by atoms with Gasteiger partial charge >= 0.3 is 0 Å². The number of rotatable bonds is 6. The molecule has 0 aromatic rings. The van der Waals surface area contributed by atoms with Crippen LogP contribution in [0.5, 0.6) is 0 Å². The van der Waals surface area contributed by atoms with E-state index in [2.05, 4.69) is 81.5 Å². The van der Waals surface area contributed by atoms with Gasteiger partial charge in [-0.2, -0.15) is 0 Å². The second-order valence-electron chi connectivity index (χ2n) is 17.4. The quantitative estimate of drug-likeness (QED) is 0.234. The maximum atomic E-state index is 15.3. The minimum Gasteiger partial charge on any atom is -0.413 e. The van der Waals surface area contributed by atoms with Gasteiger partial charge in [0.1, 0.15) is 0 Å². The number of ketones is 1. The third-order valence-corrected chi connectivity index (χ3v) is 18.2. The molecule has 228 valence electrons. The van der Waals surface area contributed by atoms with Crippen molar-refractivity contribution in [2.45, 2.75) is 158 Å². The topological polar surface area (TPSA) is 26.3 Å². The van der Waals surface area contributed by atoms with Crippen molar-refractivity contribution in [3.05, 3.63) is 22.8 Å². The van der Waals surface area contributed by atoms with Gasteiger partial charge in [0.05, 0.1) is 6.10 Å². The first kappa shape index (κ1) is 32.2. The van der Waals surface area contributed by atoms with E-state index in [4.69, 9.17) is 4.43 Å². The number of allylic oxidation sites excluding steroid dienone is 3. The van der Waals surface area contributed by atoms with Gasteiger partial charge in [0, 0.05) is 5.41 Å². The molecule has 4 heteroatoms. The van der Waals surface area contributed by atoms with Crippen LogP contribution in [0.1, 0.15) is 128 Å². The molecule has 0 amide bonds. The lowest BCUT2D eigenvalue weighted by atomic mass is 9.43. The number of carbonyl (C=O) groups excluding carboxylic acids is 1. The predicted octanol–water partition coefficient (Wildman–Crippen LogP) is 10.6. The Balaban J connectivity index is 1.70. The molecule has 0 N–H and O–H groups in total. The van der Waals surface area contributed by atoms with Crippen LogP contribution < -0.4 is 0 Å². The Hall–Kier alpha value is -0.743. The normalized spacial score (nSPS) is 39.2. The standard InChI is InChI=1S/C36H61FO2Si/c1-23(2)14-16-29(39-40(12,13)32(4,5)6)24(3)25-18-20-36(11)27-15-17-30-33(7,8)31(38)28(37)22-34(30,9)26(27)19-21-35(25,36)10/h14,24-25,28-30H,15-22H2,1-13H3/t24-,25+,28+,29?,30?,34+,35+,36-/m0/s1. The molecule has 4 rings (SSSR count). The molecule has 0 aromatic carbocycles. The number of hydrogen-bond acceptors (Lipinski definition) is 2. The molecule has 0 aliphatic heterocycles. The minimum absolute atomic E-state index is 0.142. The van der Waals surface area contributed by atoms with Crippen molar-refractivity contribution in [3.63, 3.8) is 0 Å². The molecular weight excluding hydrogens is 511 g/mol. The Kier molecular flexibility index (Phi) is 8.18. The smallest absolute Gasteiger partial charge is 0.192 e. The molecule has 4 aliphatic carbocycles. The zero-order valence-corrected chi connectivity index (χ0v) is 29.3. The van der Waals surface area contributed by atoms with E-state index in [-0.39, 0.29) is 39.1 Å². The zero-order chi connectivity index (χ0) is 30.3. The van der Waals surface area contributed by atoms with Crippen molar-refractivity contribution in [3.8, 4) is 0 Å². The van der Waals surface area contributed by atoms with Crippen LogP contribution in [0, 0.1) is 39.4 Å². The summed E-state index contributed by atoms with van der Waals surface area (Å²) in [7, 11) is -1.93. The lowest BCUT2D eigenvalue weighted by Crippen LogP contribution is -2.57. The molecule has 2 unspecified atom stereocenters. The third kappa shape index (κ3) is 4.78. The van der Waals surface area contributed by atoms with Crippen molar-refractivity contribution >= 4 is 14.1 Å². The first-order valence-electron chi connectivity index (χ1n) is 16.4. The molecule has 0 saturated heterocycles. The number of fused-ring (bicyclic) bond motifs is 4. The summed E-state index contributed by atoms with van der Waals surface area (Å²) >= 11 is 0. The summed E-state index contributed by atoms with van der Waals surface area (Å²) in [6.07, 6.45) is 9.48. The molecule has 40 heavy (non-hydrogen) atoms. The average molecular weight is 573 g/mol. The number of hydrogen-bond donors (Lipinski definition) is 0. The molecular formula is C36H61FO2Si. The Bertz CT molecular complexity index is 1070. The van der Waals surface area contributed by atoms with Crippen LogP contribution in [0.3, 0.4) is 0 Å². The minimum atomic E-state index is -1.93. The second kappa shape index (κ2) is 10.2. The van der Waals surface area contributed by atoms with Crippen LogP contribution in [0.25, 0.3) is 0 Å². The van der Waals surface area contributed by atoms with Crippen LogP contribution in [0.2, 0.25) is 18.1 Å². The molecule has 0 aromatic heterocycles. The fourth-order valence-electron chi connectivity index (χ4n) is 10.0. The van der Waals surface area contributed by atoms with E-state index < -0.39 is 19.9 Å². The van der Waals surface area contributed by atoms with Gasteiger partial charge in [-0.25, -0.2) is 4.39 Å². The van der Waals surface area contributed by atoms with E-state index in [0.717, 1.165) is 25.7 Å². The van der Waals surface area contributed by atoms with Crippen molar-refractivity contribution < 1.29 is 13.6 Å². The molecule has 0 bridgehead atoms. The summed E-state index contributed by atoms with van der Waals surface area (Å²) in [5.74, 6) is 1.17. The summed E-state index contributed by atoms with van der Waals surface area (Å²) in [5.41, 5.74) is 4.13. The van der Waals surface area contributed by atoms with Gasteiger partial charge < -0.3 is 4.43 Å². The third-order valence-electron chi connectivity index (χ3n) is 13.7.